The van der Waals surface area contributed by atoms with E-state index in [0.29, 0.717) is 12.1 Å². The van der Waals surface area contributed by atoms with E-state index in [4.69, 9.17) is 0 Å². The largest absolute Gasteiger partial charge is 0.348 e. The summed E-state index contributed by atoms with van der Waals surface area (Å²) in [4.78, 5) is 24.7. The zero-order valence-corrected chi connectivity index (χ0v) is 11.4. The number of hydrogen-bond donors (Lipinski definition) is 1. The average molecular weight is 282 g/mol. The number of nitrogens with one attached hydrogen (secondary N) is 1. The molecule has 0 spiro atoms. The van der Waals surface area contributed by atoms with Crippen molar-refractivity contribution in [1.82, 2.24) is 10.2 Å². The summed E-state index contributed by atoms with van der Waals surface area (Å²) < 4.78 is 13.5. The molecule has 19 heavy (non-hydrogen) atoms. The quantitative estimate of drug-likeness (QED) is 0.920. The van der Waals surface area contributed by atoms with Gasteiger partial charge < -0.3 is 10.2 Å². The summed E-state index contributed by atoms with van der Waals surface area (Å²) in [6.45, 7) is 2.34. The van der Waals surface area contributed by atoms with Crippen LogP contribution in [-0.2, 0) is 4.79 Å². The van der Waals surface area contributed by atoms with Crippen LogP contribution in [0.25, 0.3) is 0 Å². The molecular weight excluding hydrogens is 267 g/mol. The van der Waals surface area contributed by atoms with E-state index in [1.165, 1.54) is 22.7 Å². The Morgan fingerprint density at radius 1 is 1.53 bits per heavy atom. The highest BCUT2D eigenvalue weighted by Gasteiger charge is 2.24. The van der Waals surface area contributed by atoms with Crippen LogP contribution in [0.1, 0.15) is 18.5 Å². The first-order valence-electron chi connectivity index (χ1n) is 6.03. The molecule has 102 valence electrons. The molecule has 0 bridgehead atoms. The smallest absolute Gasteiger partial charge is 0.282 e. The minimum atomic E-state index is -0.418. The van der Waals surface area contributed by atoms with Crippen molar-refractivity contribution in [3.05, 3.63) is 35.6 Å². The molecule has 0 aliphatic carbocycles. The standard InChI is InChI=1S/C13H15FN2O2S/c1-9(10-4-2-3-5-11(10)14)15-12(17)8-16-6-7-19-13(16)18/h2-5,9H,6-8H2,1H3,(H,15,17)/t9-/m0/s1. The van der Waals surface area contributed by atoms with Gasteiger partial charge in [-0.15, -0.1) is 0 Å². The molecule has 1 aromatic rings. The number of carbonyl (C=O) groups is 2. The van der Waals surface area contributed by atoms with Crippen LogP contribution in [0, 0.1) is 5.82 Å². The zero-order valence-electron chi connectivity index (χ0n) is 10.6. The summed E-state index contributed by atoms with van der Waals surface area (Å²) in [5, 5.41) is 2.63. The Kier molecular flexibility index (Phi) is 4.42. The Labute approximate surface area is 115 Å². The van der Waals surface area contributed by atoms with Crippen LogP contribution in [0.2, 0.25) is 0 Å². The lowest BCUT2D eigenvalue weighted by atomic mass is 10.1. The van der Waals surface area contributed by atoms with Gasteiger partial charge in [-0.1, -0.05) is 30.0 Å². The molecule has 0 radical (unpaired) electrons. The van der Waals surface area contributed by atoms with Crippen LogP contribution < -0.4 is 5.32 Å². The molecule has 1 aromatic carbocycles. The molecule has 2 rings (SSSR count). The highest BCUT2D eigenvalue weighted by atomic mass is 32.2. The Morgan fingerprint density at radius 3 is 2.89 bits per heavy atom. The van der Waals surface area contributed by atoms with Crippen molar-refractivity contribution in [2.75, 3.05) is 18.8 Å². The van der Waals surface area contributed by atoms with Gasteiger partial charge in [-0.2, -0.15) is 0 Å². The number of nitrogens with zero attached hydrogens (tertiary/aromatic N) is 1. The fourth-order valence-electron chi connectivity index (χ4n) is 1.93. The molecule has 1 saturated heterocycles. The van der Waals surface area contributed by atoms with Gasteiger partial charge in [-0.3, -0.25) is 9.59 Å². The fourth-order valence-corrected chi connectivity index (χ4v) is 2.76. The number of thioether (sulfide) groups is 1. The van der Waals surface area contributed by atoms with Gasteiger partial charge in [0.2, 0.25) is 5.91 Å². The second-order valence-electron chi connectivity index (χ2n) is 4.35. The van der Waals surface area contributed by atoms with Crippen molar-refractivity contribution in [2.45, 2.75) is 13.0 Å². The van der Waals surface area contributed by atoms with Gasteiger partial charge in [0.15, 0.2) is 0 Å². The minimum Gasteiger partial charge on any atom is -0.348 e. The van der Waals surface area contributed by atoms with Gasteiger partial charge >= 0.3 is 0 Å². The average Bonchev–Trinajstić information content (AvgIpc) is 2.75. The highest BCUT2D eigenvalue weighted by molar-refractivity contribution is 8.13. The van der Waals surface area contributed by atoms with Gasteiger partial charge in [-0.25, -0.2) is 4.39 Å². The SMILES string of the molecule is C[C@H](NC(=O)CN1CCSC1=O)c1ccccc1F. The Morgan fingerprint density at radius 2 is 2.26 bits per heavy atom. The zero-order chi connectivity index (χ0) is 13.8. The molecule has 1 atom stereocenters. The van der Waals surface area contributed by atoms with Gasteiger partial charge in [0.25, 0.3) is 5.24 Å². The predicted octanol–water partition coefficient (Wildman–Crippen LogP) is 2.17. The van der Waals surface area contributed by atoms with Crippen LogP contribution in [0.5, 0.6) is 0 Å². The van der Waals surface area contributed by atoms with Crippen molar-refractivity contribution in [3.63, 3.8) is 0 Å². The summed E-state index contributed by atoms with van der Waals surface area (Å²) in [5.41, 5.74) is 0.443. The number of carbonyl (C=O) groups excluding carboxylic acids is 2. The maximum absolute atomic E-state index is 13.5. The van der Waals surface area contributed by atoms with Crippen molar-refractivity contribution in [2.24, 2.45) is 0 Å². The van der Waals surface area contributed by atoms with Crippen LogP contribution in [0.15, 0.2) is 24.3 Å². The first-order valence-corrected chi connectivity index (χ1v) is 7.02. The van der Waals surface area contributed by atoms with Gasteiger partial charge in [0, 0.05) is 17.9 Å². The molecule has 4 nitrogen and oxygen atoms in total. The lowest BCUT2D eigenvalue weighted by Crippen LogP contribution is -2.38. The Balaban J connectivity index is 1.92. The van der Waals surface area contributed by atoms with E-state index < -0.39 is 6.04 Å². The molecular formula is C13H15FN2O2S. The third-order valence-corrected chi connectivity index (χ3v) is 3.82. The van der Waals surface area contributed by atoms with Crippen LogP contribution in [0.4, 0.5) is 9.18 Å². The van der Waals surface area contributed by atoms with E-state index in [2.05, 4.69) is 5.32 Å². The Hall–Kier alpha value is -1.56. The van der Waals surface area contributed by atoms with Crippen molar-refractivity contribution in [1.29, 1.82) is 0 Å². The van der Waals surface area contributed by atoms with Gasteiger partial charge in [0.05, 0.1) is 6.04 Å². The van der Waals surface area contributed by atoms with Gasteiger partial charge in [-0.05, 0) is 13.0 Å². The van der Waals surface area contributed by atoms with Gasteiger partial charge in [0.1, 0.15) is 12.4 Å². The number of rotatable bonds is 4. The molecule has 1 N–H and O–H groups in total. The fraction of sp³-hybridized carbons (Fsp3) is 0.385. The monoisotopic (exact) mass is 282 g/mol. The molecule has 2 amide bonds. The molecule has 1 fully saturated rings. The maximum Gasteiger partial charge on any atom is 0.282 e. The minimum absolute atomic E-state index is 0.0324. The van der Waals surface area contributed by atoms with Crippen LogP contribution in [0.3, 0.4) is 0 Å². The molecule has 0 unspecified atom stereocenters. The predicted molar refractivity (Wildman–Crippen MR) is 72.4 cm³/mol. The lowest BCUT2D eigenvalue weighted by Gasteiger charge is -2.18. The van der Waals surface area contributed by atoms with E-state index in [-0.39, 0.29) is 23.5 Å². The molecule has 1 heterocycles. The first-order chi connectivity index (χ1) is 9.08. The van der Waals surface area contributed by atoms with Crippen molar-refractivity contribution >= 4 is 22.9 Å². The van der Waals surface area contributed by atoms with E-state index in [0.717, 1.165) is 5.75 Å². The molecule has 1 aliphatic rings. The topological polar surface area (TPSA) is 49.4 Å². The molecule has 0 aromatic heterocycles. The summed E-state index contributed by atoms with van der Waals surface area (Å²) in [7, 11) is 0. The number of benzene rings is 1. The third kappa shape index (κ3) is 3.47. The second-order valence-corrected chi connectivity index (χ2v) is 5.39. The van der Waals surface area contributed by atoms with Crippen LogP contribution >= 0.6 is 11.8 Å². The molecule has 1 aliphatic heterocycles. The normalized spacial score (nSPS) is 16.5. The lowest BCUT2D eigenvalue weighted by molar-refractivity contribution is -0.122. The van der Waals surface area contributed by atoms with E-state index in [1.807, 2.05) is 0 Å². The highest BCUT2D eigenvalue weighted by Crippen LogP contribution is 2.18. The third-order valence-electron chi connectivity index (χ3n) is 2.93. The number of amides is 2. The molecule has 0 saturated carbocycles. The first kappa shape index (κ1) is 13.9. The summed E-state index contributed by atoms with van der Waals surface area (Å²) >= 11 is 1.21. The maximum atomic E-state index is 13.5. The van der Waals surface area contributed by atoms with Crippen LogP contribution in [-0.4, -0.2) is 34.9 Å². The summed E-state index contributed by atoms with van der Waals surface area (Å²) in [6, 6.07) is 5.91. The molecule has 6 heteroatoms. The summed E-state index contributed by atoms with van der Waals surface area (Å²) in [5.74, 6) is 0.101. The van der Waals surface area contributed by atoms with Crippen molar-refractivity contribution < 1.29 is 14.0 Å². The van der Waals surface area contributed by atoms with E-state index in [1.54, 1.807) is 25.1 Å². The van der Waals surface area contributed by atoms with E-state index in [9.17, 15) is 14.0 Å². The second kappa shape index (κ2) is 6.06. The number of halogens is 1. The summed E-state index contributed by atoms with van der Waals surface area (Å²) in [6.07, 6.45) is 0. The Bertz CT molecular complexity index is 495. The van der Waals surface area contributed by atoms with E-state index >= 15 is 0 Å². The number of hydrogen-bond acceptors (Lipinski definition) is 3. The van der Waals surface area contributed by atoms with Crippen molar-refractivity contribution in [3.8, 4) is 0 Å².